The highest BCUT2D eigenvalue weighted by Crippen LogP contribution is 2.28. The van der Waals surface area contributed by atoms with Gasteiger partial charge in [0.15, 0.2) is 0 Å². The molecule has 6 heteroatoms. The summed E-state index contributed by atoms with van der Waals surface area (Å²) in [5.74, 6) is -0.0128. The number of carbonyl (C=O) groups excluding carboxylic acids is 2. The quantitative estimate of drug-likeness (QED) is 0.642. The van der Waals surface area contributed by atoms with E-state index in [9.17, 15) is 9.59 Å². The summed E-state index contributed by atoms with van der Waals surface area (Å²) in [6.45, 7) is 2.43. The van der Waals surface area contributed by atoms with Crippen LogP contribution in [0.5, 0.6) is 0 Å². The average molecular weight is 416 g/mol. The van der Waals surface area contributed by atoms with Gasteiger partial charge in [0.05, 0.1) is 11.3 Å². The van der Waals surface area contributed by atoms with E-state index in [-0.39, 0.29) is 36.2 Å². The maximum atomic E-state index is 12.8. The molecule has 2 amide bonds. The highest BCUT2D eigenvalue weighted by atomic mass is 35.5. The lowest BCUT2D eigenvalue weighted by Gasteiger charge is -2.17. The van der Waals surface area contributed by atoms with Gasteiger partial charge in [0, 0.05) is 19.0 Å². The van der Waals surface area contributed by atoms with Crippen molar-refractivity contribution in [1.82, 2.24) is 5.32 Å². The standard InChI is InChI=1S/C23H29N3O2.ClH/c1-16-7-5-12-20(26-21(27)15-18-10-6-11-19(18)24)22(16)23(28)25-14-13-17-8-3-2-4-9-17;/h2-5,7-9,12,18-19H,6,10-11,13-15,24H2,1H3,(H,25,28)(H,26,27);1H/t18-,19+;/m0./s1. The molecule has 156 valence electrons. The predicted octanol–water partition coefficient (Wildman–Crippen LogP) is 3.85. The topological polar surface area (TPSA) is 84.2 Å². The number of benzene rings is 2. The number of nitrogens with two attached hydrogens (primary N) is 1. The summed E-state index contributed by atoms with van der Waals surface area (Å²) in [6.07, 6.45) is 4.23. The Balaban J connectivity index is 0.00000300. The maximum absolute atomic E-state index is 12.8. The van der Waals surface area contributed by atoms with Gasteiger partial charge in [-0.25, -0.2) is 0 Å². The van der Waals surface area contributed by atoms with E-state index >= 15 is 0 Å². The van der Waals surface area contributed by atoms with Gasteiger partial charge in [-0.1, -0.05) is 48.9 Å². The molecule has 0 aromatic heterocycles. The van der Waals surface area contributed by atoms with Crippen LogP contribution in [0.1, 0.15) is 47.2 Å². The first-order chi connectivity index (χ1) is 13.5. The molecule has 5 nitrogen and oxygen atoms in total. The van der Waals surface area contributed by atoms with Crippen LogP contribution in [-0.4, -0.2) is 24.4 Å². The molecule has 29 heavy (non-hydrogen) atoms. The summed E-state index contributed by atoms with van der Waals surface area (Å²) in [5.41, 5.74) is 9.19. The maximum Gasteiger partial charge on any atom is 0.253 e. The second kappa shape index (κ2) is 11.0. The zero-order chi connectivity index (χ0) is 19.9. The molecule has 0 saturated heterocycles. The second-order valence-electron chi connectivity index (χ2n) is 7.60. The lowest BCUT2D eigenvalue weighted by molar-refractivity contribution is -0.117. The third-order valence-electron chi connectivity index (χ3n) is 5.48. The minimum atomic E-state index is -0.165. The van der Waals surface area contributed by atoms with Crippen LogP contribution in [0, 0.1) is 12.8 Å². The van der Waals surface area contributed by atoms with Gasteiger partial charge >= 0.3 is 0 Å². The molecule has 0 bridgehead atoms. The molecular formula is C23H30ClN3O2. The molecule has 3 rings (SSSR count). The molecule has 1 fully saturated rings. The van der Waals surface area contributed by atoms with Crippen LogP contribution in [0.15, 0.2) is 48.5 Å². The van der Waals surface area contributed by atoms with Crippen LogP contribution in [0.2, 0.25) is 0 Å². The van der Waals surface area contributed by atoms with Crippen molar-refractivity contribution in [1.29, 1.82) is 0 Å². The zero-order valence-corrected chi connectivity index (χ0v) is 17.6. The van der Waals surface area contributed by atoms with E-state index < -0.39 is 0 Å². The minimum absolute atomic E-state index is 0. The SMILES string of the molecule is Cc1cccc(NC(=O)C[C@@H]2CCC[C@H]2N)c1C(=O)NCCc1ccccc1.Cl. The van der Waals surface area contributed by atoms with Gasteiger partial charge in [0.25, 0.3) is 5.91 Å². The normalized spacial score (nSPS) is 18.0. The van der Waals surface area contributed by atoms with E-state index in [1.807, 2.05) is 49.4 Å². The molecule has 2 aromatic carbocycles. The van der Waals surface area contributed by atoms with Gasteiger partial charge in [-0.15, -0.1) is 12.4 Å². The number of hydrogen-bond donors (Lipinski definition) is 3. The summed E-state index contributed by atoms with van der Waals surface area (Å²) in [4.78, 5) is 25.3. The number of halogens is 1. The molecule has 1 aliphatic rings. The first kappa shape index (κ1) is 22.9. The number of rotatable bonds is 7. The Kier molecular flexibility index (Phi) is 8.68. The van der Waals surface area contributed by atoms with Crippen LogP contribution in [-0.2, 0) is 11.2 Å². The number of amides is 2. The number of hydrogen-bond acceptors (Lipinski definition) is 3. The zero-order valence-electron chi connectivity index (χ0n) is 16.8. The minimum Gasteiger partial charge on any atom is -0.352 e. The molecular weight excluding hydrogens is 386 g/mol. The van der Waals surface area contributed by atoms with Crippen molar-refractivity contribution in [3.05, 3.63) is 65.2 Å². The molecule has 4 N–H and O–H groups in total. The molecule has 0 radical (unpaired) electrons. The highest BCUT2D eigenvalue weighted by Gasteiger charge is 2.26. The van der Waals surface area contributed by atoms with Crippen molar-refractivity contribution in [2.45, 2.75) is 45.1 Å². The first-order valence-corrected chi connectivity index (χ1v) is 10.0. The largest absolute Gasteiger partial charge is 0.352 e. The summed E-state index contributed by atoms with van der Waals surface area (Å²) < 4.78 is 0. The van der Waals surface area contributed by atoms with Crippen LogP contribution >= 0.6 is 12.4 Å². The monoisotopic (exact) mass is 415 g/mol. The van der Waals surface area contributed by atoms with Gasteiger partial charge < -0.3 is 16.4 Å². The fourth-order valence-corrected chi connectivity index (χ4v) is 3.89. The number of carbonyl (C=O) groups is 2. The van der Waals surface area contributed by atoms with Gasteiger partial charge in [0.2, 0.25) is 5.91 Å². The summed E-state index contributed by atoms with van der Waals surface area (Å²) >= 11 is 0. The Labute approximate surface area is 178 Å². The van der Waals surface area contributed by atoms with Crippen molar-refractivity contribution < 1.29 is 9.59 Å². The average Bonchev–Trinajstić information content (AvgIpc) is 3.07. The van der Waals surface area contributed by atoms with Crippen molar-refractivity contribution >= 4 is 29.9 Å². The Morgan fingerprint density at radius 2 is 1.83 bits per heavy atom. The van der Waals surface area contributed by atoms with Gasteiger partial charge in [-0.3, -0.25) is 9.59 Å². The Hall–Kier alpha value is -2.37. The van der Waals surface area contributed by atoms with Crippen molar-refractivity contribution in [2.24, 2.45) is 11.7 Å². The van der Waals surface area contributed by atoms with Crippen molar-refractivity contribution in [2.75, 3.05) is 11.9 Å². The number of nitrogens with one attached hydrogen (secondary N) is 2. The van der Waals surface area contributed by atoms with Crippen LogP contribution < -0.4 is 16.4 Å². The van der Waals surface area contributed by atoms with Crippen molar-refractivity contribution in [3.63, 3.8) is 0 Å². The van der Waals surface area contributed by atoms with E-state index in [1.165, 1.54) is 5.56 Å². The number of anilines is 1. The summed E-state index contributed by atoms with van der Waals surface area (Å²) in [7, 11) is 0. The van der Waals surface area contributed by atoms with E-state index in [2.05, 4.69) is 10.6 Å². The van der Waals surface area contributed by atoms with E-state index in [1.54, 1.807) is 6.07 Å². The van der Waals surface area contributed by atoms with Crippen LogP contribution in [0.4, 0.5) is 5.69 Å². The second-order valence-corrected chi connectivity index (χ2v) is 7.60. The Morgan fingerprint density at radius 1 is 1.07 bits per heavy atom. The Bertz CT molecular complexity index is 826. The van der Waals surface area contributed by atoms with Crippen LogP contribution in [0.25, 0.3) is 0 Å². The third-order valence-corrected chi connectivity index (χ3v) is 5.48. The molecule has 2 atom stereocenters. The first-order valence-electron chi connectivity index (χ1n) is 10.0. The molecule has 0 spiro atoms. The van der Waals surface area contributed by atoms with Crippen LogP contribution in [0.3, 0.4) is 0 Å². The molecule has 1 saturated carbocycles. The van der Waals surface area contributed by atoms with E-state index in [0.717, 1.165) is 31.2 Å². The third kappa shape index (κ3) is 6.31. The fourth-order valence-electron chi connectivity index (χ4n) is 3.89. The molecule has 0 unspecified atom stereocenters. The van der Waals surface area contributed by atoms with Gasteiger partial charge in [-0.05, 0) is 49.3 Å². The molecule has 0 heterocycles. The number of aryl methyl sites for hydroxylation is 1. The van der Waals surface area contributed by atoms with Gasteiger partial charge in [-0.2, -0.15) is 0 Å². The summed E-state index contributed by atoms with van der Waals surface area (Å²) in [5, 5.41) is 5.90. The lowest BCUT2D eigenvalue weighted by atomic mass is 9.99. The van der Waals surface area contributed by atoms with E-state index in [0.29, 0.717) is 24.2 Å². The molecule has 1 aliphatic carbocycles. The molecule has 0 aliphatic heterocycles. The lowest BCUT2D eigenvalue weighted by Crippen LogP contribution is -2.30. The van der Waals surface area contributed by atoms with E-state index in [4.69, 9.17) is 5.73 Å². The predicted molar refractivity (Wildman–Crippen MR) is 119 cm³/mol. The highest BCUT2D eigenvalue weighted by molar-refractivity contribution is 6.04. The summed E-state index contributed by atoms with van der Waals surface area (Å²) in [6, 6.07) is 15.7. The Morgan fingerprint density at radius 3 is 2.52 bits per heavy atom. The molecule has 2 aromatic rings. The fraction of sp³-hybridized carbons (Fsp3) is 0.391. The van der Waals surface area contributed by atoms with Crippen molar-refractivity contribution in [3.8, 4) is 0 Å². The van der Waals surface area contributed by atoms with Gasteiger partial charge in [0.1, 0.15) is 0 Å². The smallest absolute Gasteiger partial charge is 0.253 e.